The Labute approximate surface area is 307 Å². The quantitative estimate of drug-likeness (QED) is 0.183. The second-order valence-corrected chi connectivity index (χ2v) is 9.06. The molecule has 3 aromatic heterocycles. The van der Waals surface area contributed by atoms with Crippen molar-refractivity contribution < 1.29 is 48.0 Å². The minimum absolute atomic E-state index is 0. The molecule has 6 aromatic rings. The molecule has 0 N–H and O–H groups in total. The summed E-state index contributed by atoms with van der Waals surface area (Å²) < 4.78 is 0. The van der Waals surface area contributed by atoms with Crippen LogP contribution in [0.25, 0.3) is 0 Å². The molecule has 0 aliphatic carbocycles. The van der Waals surface area contributed by atoms with E-state index in [4.69, 9.17) is 0 Å². The Kier molecular flexibility index (Phi) is 17.6. The summed E-state index contributed by atoms with van der Waals surface area (Å²) in [4.78, 5) is 12.3. The summed E-state index contributed by atoms with van der Waals surface area (Å²) in [6.07, 6.45) is 4.93. The first kappa shape index (κ1) is 38.2. The molecule has 0 spiro atoms. The summed E-state index contributed by atoms with van der Waals surface area (Å²) in [6.45, 7) is 0. The van der Waals surface area contributed by atoms with Crippen LogP contribution in [0.4, 0.5) is 0 Å². The van der Waals surface area contributed by atoms with Crippen LogP contribution in [-0.2, 0) is 0 Å². The first-order valence-electron chi connectivity index (χ1n) is 13.8. The van der Waals surface area contributed by atoms with E-state index in [9.17, 15) is 15.6 Å². The zero-order valence-corrected chi connectivity index (χ0v) is 29.3. The molecule has 9 nitrogen and oxygen atoms in total. The van der Waals surface area contributed by atoms with Crippen LogP contribution in [0.2, 0.25) is 0 Å². The van der Waals surface area contributed by atoms with Gasteiger partial charge < -0.3 is 43.5 Å². The van der Waals surface area contributed by atoms with Gasteiger partial charge in [-0.05, 0) is 36.4 Å². The van der Waals surface area contributed by atoms with E-state index in [0.717, 1.165) is 16.7 Å². The Morgan fingerprint density at radius 3 is 0.787 bits per heavy atom. The van der Waals surface area contributed by atoms with Gasteiger partial charge >= 0.3 is 35.6 Å². The average molecular weight is 766 g/mol. The SMILES string of the molecule is [Cl-].[La+3].[O-]/N=C(\c1ccccc1)c1ccccn1.[O-]/N=C(\c1ccccc1)c1ccccn1.[O-]/N=C(\c1ccccc1)c1ccccn1. The van der Waals surface area contributed by atoms with Crippen LogP contribution in [0.3, 0.4) is 0 Å². The van der Waals surface area contributed by atoms with Crippen molar-refractivity contribution in [2.45, 2.75) is 0 Å². The number of halogens is 1. The molecule has 230 valence electrons. The number of aromatic nitrogens is 3. The number of pyridine rings is 3. The Morgan fingerprint density at radius 1 is 0.362 bits per heavy atom. The van der Waals surface area contributed by atoms with E-state index in [2.05, 4.69) is 30.4 Å². The number of hydrogen-bond donors (Lipinski definition) is 0. The molecule has 3 aromatic carbocycles. The second kappa shape index (κ2) is 21.7. The van der Waals surface area contributed by atoms with E-state index in [-0.39, 0.29) is 48.0 Å². The molecule has 0 radical (unpaired) electrons. The van der Waals surface area contributed by atoms with E-state index in [1.807, 2.05) is 109 Å². The third-order valence-corrected chi connectivity index (χ3v) is 6.14. The van der Waals surface area contributed by atoms with Crippen LogP contribution in [0.5, 0.6) is 0 Å². The number of rotatable bonds is 6. The molecule has 0 aliphatic rings. The Hall–Kier alpha value is -5.00. The summed E-state index contributed by atoms with van der Waals surface area (Å²) >= 11 is 0. The molecule has 3 heterocycles. The molecule has 0 atom stereocenters. The minimum Gasteiger partial charge on any atom is -1.00 e. The normalized spacial score (nSPS) is 10.9. The average Bonchev–Trinajstić information content (AvgIpc) is 3.13. The molecular weight excluding hydrogens is 739 g/mol. The van der Waals surface area contributed by atoms with Gasteiger partial charge in [-0.25, -0.2) is 0 Å². The molecule has 47 heavy (non-hydrogen) atoms. The largest absolute Gasteiger partial charge is 3.00 e. The van der Waals surface area contributed by atoms with Gasteiger partial charge in [0.25, 0.3) is 0 Å². The summed E-state index contributed by atoms with van der Waals surface area (Å²) in [7, 11) is 0. The molecule has 0 amide bonds. The molecule has 0 fully saturated rings. The van der Waals surface area contributed by atoms with Crippen molar-refractivity contribution in [3.05, 3.63) is 214 Å². The number of nitrogens with zero attached hydrogens (tertiary/aromatic N) is 6. The van der Waals surface area contributed by atoms with Gasteiger partial charge in [0.1, 0.15) is 0 Å². The number of benzene rings is 3. The summed E-state index contributed by atoms with van der Waals surface area (Å²) in [5, 5.41) is 41.4. The van der Waals surface area contributed by atoms with Crippen LogP contribution in [-0.4, -0.2) is 32.1 Å². The van der Waals surface area contributed by atoms with Crippen molar-refractivity contribution in [2.75, 3.05) is 0 Å². The summed E-state index contributed by atoms with van der Waals surface area (Å²) in [6, 6.07) is 44.1. The van der Waals surface area contributed by atoms with Crippen molar-refractivity contribution in [2.24, 2.45) is 15.5 Å². The van der Waals surface area contributed by atoms with Crippen LogP contribution < -0.4 is 12.4 Å². The zero-order chi connectivity index (χ0) is 31.5. The second-order valence-electron chi connectivity index (χ2n) is 9.06. The standard InChI is InChI=1S/3C12H10N2O.ClH.La/c3*15-14-12(10-6-2-1-3-7-10)11-8-4-5-9-13-11;;/h3*1-9,15H;1H;/q;;;;+3/p-4/b3*14-12+;;. The van der Waals surface area contributed by atoms with Gasteiger partial charge in [-0.2, -0.15) is 0 Å². The first-order chi connectivity index (χ1) is 22.2. The maximum atomic E-state index is 10.8. The maximum absolute atomic E-state index is 10.8. The van der Waals surface area contributed by atoms with Crippen LogP contribution in [0.1, 0.15) is 33.8 Å². The van der Waals surface area contributed by atoms with Crippen molar-refractivity contribution in [3.8, 4) is 0 Å². The molecule has 0 unspecified atom stereocenters. The van der Waals surface area contributed by atoms with E-state index in [0.29, 0.717) is 34.2 Å². The van der Waals surface area contributed by atoms with Crippen molar-refractivity contribution in [3.63, 3.8) is 0 Å². The predicted molar refractivity (Wildman–Crippen MR) is 179 cm³/mol. The molecule has 6 rings (SSSR count). The summed E-state index contributed by atoms with van der Waals surface area (Å²) in [5.74, 6) is 0. The molecule has 11 heteroatoms. The Balaban J connectivity index is 0.000000240. The molecule has 0 aliphatic heterocycles. The fourth-order valence-corrected chi connectivity index (χ4v) is 4.04. The van der Waals surface area contributed by atoms with Gasteiger partial charge in [0.05, 0.1) is 34.2 Å². The molecule has 0 saturated heterocycles. The number of hydrogen-bond acceptors (Lipinski definition) is 9. The predicted octanol–water partition coefficient (Wildman–Crippen LogP) is 4.25. The molecule has 0 bridgehead atoms. The van der Waals surface area contributed by atoms with Crippen molar-refractivity contribution in [1.82, 2.24) is 15.0 Å². The monoisotopic (exact) mass is 765 g/mol. The third-order valence-electron chi connectivity index (χ3n) is 6.14. The minimum atomic E-state index is 0. The third kappa shape index (κ3) is 11.7. The molecule has 0 saturated carbocycles. The Bertz CT molecular complexity index is 1460. The first-order valence-corrected chi connectivity index (χ1v) is 13.8. The van der Waals surface area contributed by atoms with E-state index in [1.165, 1.54) is 0 Å². The van der Waals surface area contributed by atoms with Gasteiger partial charge in [0.2, 0.25) is 0 Å². The maximum Gasteiger partial charge on any atom is 3.00 e. The Morgan fingerprint density at radius 2 is 0.596 bits per heavy atom. The van der Waals surface area contributed by atoms with Crippen LogP contribution in [0, 0.1) is 51.2 Å². The fraction of sp³-hybridized carbons (Fsp3) is 0. The van der Waals surface area contributed by atoms with Crippen LogP contribution in [0.15, 0.2) is 180 Å². The smallest absolute Gasteiger partial charge is 1.00 e. The topological polar surface area (TPSA) is 145 Å². The van der Waals surface area contributed by atoms with E-state index < -0.39 is 0 Å². The summed E-state index contributed by atoms with van der Waals surface area (Å²) in [5.41, 5.74) is 5.25. The van der Waals surface area contributed by atoms with E-state index >= 15 is 0 Å². The fourth-order valence-electron chi connectivity index (χ4n) is 4.04. The zero-order valence-electron chi connectivity index (χ0n) is 25.0. The van der Waals surface area contributed by atoms with Crippen molar-refractivity contribution >= 4 is 17.1 Å². The van der Waals surface area contributed by atoms with E-state index in [1.54, 1.807) is 55.0 Å². The van der Waals surface area contributed by atoms with Crippen LogP contribution >= 0.6 is 0 Å². The van der Waals surface area contributed by atoms with Gasteiger partial charge in [-0.15, -0.1) is 0 Å². The van der Waals surface area contributed by atoms with Crippen molar-refractivity contribution in [1.29, 1.82) is 0 Å². The van der Waals surface area contributed by atoms with Gasteiger partial charge in [-0.1, -0.05) is 109 Å². The van der Waals surface area contributed by atoms with Gasteiger partial charge in [0, 0.05) is 35.3 Å². The van der Waals surface area contributed by atoms with Gasteiger partial charge in [-0.3, -0.25) is 15.0 Å². The van der Waals surface area contributed by atoms with Gasteiger partial charge in [0.15, 0.2) is 0 Å². The molecular formula is C36H27ClLaN6O3-.